The van der Waals surface area contributed by atoms with Crippen molar-refractivity contribution in [3.8, 4) is 11.5 Å². The number of benzene rings is 2. The molecule has 1 aliphatic heterocycles. The monoisotopic (exact) mass is 449 g/mol. The SMILES string of the molecule is COc1ccc(OC)c(/C(O)=C2/C(=O)C(=O)N(c3cc(C)cc(C)c3)C2c2cccs2)c1. The molecule has 1 aliphatic rings. The molecule has 1 amide bonds. The van der Waals surface area contributed by atoms with Gasteiger partial charge in [0, 0.05) is 10.6 Å². The number of carbonyl (C=O) groups is 2. The molecule has 1 saturated heterocycles. The standard InChI is InChI=1S/C25H23NO5S/c1-14-10-15(2)12-16(11-14)26-22(20-6-5-9-32-20)21(24(28)25(26)29)23(27)18-13-17(30-3)7-8-19(18)31-4/h5-13,22,27H,1-4H3/b23-21-. The van der Waals surface area contributed by atoms with Crippen molar-refractivity contribution in [2.24, 2.45) is 0 Å². The van der Waals surface area contributed by atoms with E-state index in [1.165, 1.54) is 30.5 Å². The number of anilines is 1. The second-order valence-corrected chi connectivity index (χ2v) is 8.58. The molecule has 2 aromatic carbocycles. The van der Waals surface area contributed by atoms with Crippen LogP contribution in [0.5, 0.6) is 11.5 Å². The lowest BCUT2D eigenvalue weighted by Gasteiger charge is -2.25. The first kappa shape index (κ1) is 21.6. The van der Waals surface area contributed by atoms with Crippen LogP contribution in [-0.2, 0) is 9.59 Å². The average molecular weight is 450 g/mol. The van der Waals surface area contributed by atoms with Crippen molar-refractivity contribution in [2.75, 3.05) is 19.1 Å². The van der Waals surface area contributed by atoms with Gasteiger partial charge in [-0.1, -0.05) is 12.1 Å². The summed E-state index contributed by atoms with van der Waals surface area (Å²) in [6, 6.07) is 13.6. The molecule has 164 valence electrons. The maximum Gasteiger partial charge on any atom is 0.300 e. The lowest BCUT2D eigenvalue weighted by molar-refractivity contribution is -0.132. The van der Waals surface area contributed by atoms with Crippen LogP contribution in [0.3, 0.4) is 0 Å². The Morgan fingerprint density at radius 1 is 1.00 bits per heavy atom. The molecular formula is C25H23NO5S. The molecule has 32 heavy (non-hydrogen) atoms. The van der Waals surface area contributed by atoms with Crippen LogP contribution in [0.2, 0.25) is 0 Å². The van der Waals surface area contributed by atoms with Crippen molar-refractivity contribution in [1.82, 2.24) is 0 Å². The van der Waals surface area contributed by atoms with Crippen molar-refractivity contribution in [2.45, 2.75) is 19.9 Å². The van der Waals surface area contributed by atoms with Gasteiger partial charge in [0.2, 0.25) is 0 Å². The first-order chi connectivity index (χ1) is 15.3. The number of thiophene rings is 1. The van der Waals surface area contributed by atoms with Gasteiger partial charge in [-0.15, -0.1) is 11.3 Å². The number of aryl methyl sites for hydroxylation is 2. The van der Waals surface area contributed by atoms with Crippen molar-refractivity contribution >= 4 is 34.5 Å². The predicted molar refractivity (Wildman–Crippen MR) is 125 cm³/mol. The zero-order chi connectivity index (χ0) is 23.0. The maximum absolute atomic E-state index is 13.3. The molecular weight excluding hydrogens is 426 g/mol. The second-order valence-electron chi connectivity index (χ2n) is 7.60. The number of amides is 1. The van der Waals surface area contributed by atoms with Crippen LogP contribution in [0.25, 0.3) is 5.76 Å². The van der Waals surface area contributed by atoms with Gasteiger partial charge < -0.3 is 14.6 Å². The fourth-order valence-electron chi connectivity index (χ4n) is 4.05. The third-order valence-electron chi connectivity index (χ3n) is 5.40. The molecule has 0 saturated carbocycles. The average Bonchev–Trinajstić information content (AvgIpc) is 3.39. The van der Waals surface area contributed by atoms with E-state index in [-0.39, 0.29) is 16.9 Å². The van der Waals surface area contributed by atoms with Gasteiger partial charge >= 0.3 is 0 Å². The normalized spacial score (nSPS) is 17.6. The van der Waals surface area contributed by atoms with Gasteiger partial charge in [0.15, 0.2) is 0 Å². The van der Waals surface area contributed by atoms with E-state index in [9.17, 15) is 14.7 Å². The van der Waals surface area contributed by atoms with Crippen LogP contribution in [0.1, 0.15) is 27.6 Å². The quantitative estimate of drug-likeness (QED) is 0.337. The van der Waals surface area contributed by atoms with Gasteiger partial charge in [-0.05, 0) is 66.8 Å². The summed E-state index contributed by atoms with van der Waals surface area (Å²) in [5.41, 5.74) is 2.86. The van der Waals surface area contributed by atoms with Gasteiger partial charge in [0.05, 0.1) is 25.4 Å². The summed E-state index contributed by atoms with van der Waals surface area (Å²) < 4.78 is 10.7. The molecule has 0 radical (unpaired) electrons. The topological polar surface area (TPSA) is 76.1 Å². The molecule has 1 unspecified atom stereocenters. The minimum Gasteiger partial charge on any atom is -0.507 e. The molecule has 1 aromatic heterocycles. The Balaban J connectivity index is 1.97. The molecule has 4 rings (SSSR count). The minimum atomic E-state index is -0.757. The number of nitrogens with zero attached hydrogens (tertiary/aromatic N) is 1. The van der Waals surface area contributed by atoms with Gasteiger partial charge in [0.25, 0.3) is 11.7 Å². The Morgan fingerprint density at radius 3 is 2.31 bits per heavy atom. The summed E-state index contributed by atoms with van der Waals surface area (Å²) in [4.78, 5) is 28.7. The highest BCUT2D eigenvalue weighted by Crippen LogP contribution is 2.45. The zero-order valence-corrected chi connectivity index (χ0v) is 19.0. The Bertz CT molecular complexity index is 1210. The molecule has 0 aliphatic carbocycles. The van der Waals surface area contributed by atoms with E-state index in [1.807, 2.05) is 49.6 Å². The van der Waals surface area contributed by atoms with E-state index in [2.05, 4.69) is 0 Å². The molecule has 7 heteroatoms. The van der Waals surface area contributed by atoms with Gasteiger partial charge in [0.1, 0.15) is 23.3 Å². The zero-order valence-electron chi connectivity index (χ0n) is 18.2. The fourth-order valence-corrected chi connectivity index (χ4v) is 4.87. The first-order valence-electron chi connectivity index (χ1n) is 10.0. The molecule has 1 atom stereocenters. The molecule has 0 spiro atoms. The highest BCUT2D eigenvalue weighted by molar-refractivity contribution is 7.10. The Hall–Kier alpha value is -3.58. The van der Waals surface area contributed by atoms with E-state index in [0.29, 0.717) is 17.2 Å². The predicted octanol–water partition coefficient (Wildman–Crippen LogP) is 5.01. The second kappa shape index (κ2) is 8.51. The largest absolute Gasteiger partial charge is 0.507 e. The number of methoxy groups -OCH3 is 2. The molecule has 3 aromatic rings. The highest BCUT2D eigenvalue weighted by atomic mass is 32.1. The maximum atomic E-state index is 13.3. The number of hydrogen-bond acceptors (Lipinski definition) is 6. The van der Waals surface area contributed by atoms with Crippen LogP contribution in [-0.4, -0.2) is 31.0 Å². The number of carbonyl (C=O) groups excluding carboxylic acids is 2. The lowest BCUT2D eigenvalue weighted by Crippen LogP contribution is -2.29. The third-order valence-corrected chi connectivity index (χ3v) is 6.33. The molecule has 1 fully saturated rings. The number of aliphatic hydroxyl groups is 1. The van der Waals surface area contributed by atoms with Crippen LogP contribution in [0.15, 0.2) is 59.5 Å². The molecule has 1 N–H and O–H groups in total. The third kappa shape index (κ3) is 3.65. The Morgan fingerprint density at radius 2 is 1.72 bits per heavy atom. The Kier molecular flexibility index (Phi) is 5.76. The van der Waals surface area contributed by atoms with Gasteiger partial charge in [-0.3, -0.25) is 14.5 Å². The van der Waals surface area contributed by atoms with Crippen LogP contribution >= 0.6 is 11.3 Å². The molecule has 6 nitrogen and oxygen atoms in total. The van der Waals surface area contributed by atoms with Crippen molar-refractivity contribution < 1.29 is 24.2 Å². The van der Waals surface area contributed by atoms with E-state index in [1.54, 1.807) is 18.2 Å². The van der Waals surface area contributed by atoms with Crippen molar-refractivity contribution in [3.63, 3.8) is 0 Å². The summed E-state index contributed by atoms with van der Waals surface area (Å²) in [7, 11) is 2.99. The molecule has 0 bridgehead atoms. The fraction of sp³-hybridized carbons (Fsp3) is 0.200. The Labute approximate surface area is 190 Å². The minimum absolute atomic E-state index is 0.0168. The number of ether oxygens (including phenoxy) is 2. The number of Topliss-reactive ketones (excluding diaryl/α,β-unsaturated/α-hetero) is 1. The highest BCUT2D eigenvalue weighted by Gasteiger charge is 2.47. The number of rotatable bonds is 5. The van der Waals surface area contributed by atoms with Gasteiger partial charge in [-0.25, -0.2) is 0 Å². The first-order valence-corrected chi connectivity index (χ1v) is 10.9. The van der Waals surface area contributed by atoms with E-state index in [4.69, 9.17) is 9.47 Å². The van der Waals surface area contributed by atoms with Crippen LogP contribution in [0, 0.1) is 13.8 Å². The number of hydrogen-bond donors (Lipinski definition) is 1. The van der Waals surface area contributed by atoms with Gasteiger partial charge in [-0.2, -0.15) is 0 Å². The van der Waals surface area contributed by atoms with Crippen molar-refractivity contribution in [1.29, 1.82) is 0 Å². The summed E-state index contributed by atoms with van der Waals surface area (Å²) in [5, 5.41) is 13.2. The van der Waals surface area contributed by atoms with Crippen LogP contribution < -0.4 is 14.4 Å². The van der Waals surface area contributed by atoms with Crippen LogP contribution in [0.4, 0.5) is 5.69 Å². The van der Waals surface area contributed by atoms with E-state index < -0.39 is 17.7 Å². The van der Waals surface area contributed by atoms with Crippen molar-refractivity contribution in [3.05, 3.63) is 81.1 Å². The lowest BCUT2D eigenvalue weighted by atomic mass is 9.99. The van der Waals surface area contributed by atoms with E-state index >= 15 is 0 Å². The number of aliphatic hydroxyl groups excluding tert-OH is 1. The van der Waals surface area contributed by atoms with E-state index in [0.717, 1.165) is 16.0 Å². The summed E-state index contributed by atoms with van der Waals surface area (Å²) in [6.45, 7) is 3.88. The smallest absolute Gasteiger partial charge is 0.300 e. The summed E-state index contributed by atoms with van der Waals surface area (Å²) in [6.07, 6.45) is 0. The summed E-state index contributed by atoms with van der Waals surface area (Å²) in [5.74, 6) is -0.875. The summed E-state index contributed by atoms with van der Waals surface area (Å²) >= 11 is 1.42. The number of ketones is 1. The molecule has 2 heterocycles.